The zero-order valence-corrected chi connectivity index (χ0v) is 11.4. The van der Waals surface area contributed by atoms with Gasteiger partial charge in [0.25, 0.3) is 5.91 Å². The number of rotatable bonds is 4. The molecule has 0 fully saturated rings. The highest BCUT2D eigenvalue weighted by Crippen LogP contribution is 2.18. The standard InChI is InChI=1S/C15H15N3O3/c1-21-13-7-3-6-12(9-13)17-14(19)10-4-2-5-11(8-10)18-15(16)20/h2-9H,1H3,(H,17,19)(H3,16,18,20). The van der Waals surface area contributed by atoms with Gasteiger partial charge in [0.05, 0.1) is 7.11 Å². The van der Waals surface area contributed by atoms with Crippen molar-refractivity contribution in [2.45, 2.75) is 0 Å². The first kappa shape index (κ1) is 14.4. The Kier molecular flexibility index (Phi) is 4.40. The SMILES string of the molecule is COc1cccc(NC(=O)c2cccc(NC(N)=O)c2)c1. The smallest absolute Gasteiger partial charge is 0.316 e. The number of primary amides is 1. The third-order valence-electron chi connectivity index (χ3n) is 2.72. The second kappa shape index (κ2) is 6.42. The van der Waals surface area contributed by atoms with Gasteiger partial charge in [0.15, 0.2) is 0 Å². The van der Waals surface area contributed by atoms with Crippen molar-refractivity contribution >= 4 is 23.3 Å². The Hall–Kier alpha value is -3.02. The van der Waals surface area contributed by atoms with Crippen LogP contribution in [0.15, 0.2) is 48.5 Å². The van der Waals surface area contributed by atoms with Crippen molar-refractivity contribution in [3.63, 3.8) is 0 Å². The number of carbonyl (C=O) groups excluding carboxylic acids is 2. The molecule has 0 atom stereocenters. The third kappa shape index (κ3) is 3.97. The van der Waals surface area contributed by atoms with Crippen LogP contribution in [-0.4, -0.2) is 19.0 Å². The molecule has 0 saturated heterocycles. The number of amides is 3. The monoisotopic (exact) mass is 285 g/mol. The average Bonchev–Trinajstić information content (AvgIpc) is 2.47. The van der Waals surface area contributed by atoms with E-state index in [1.165, 1.54) is 0 Å². The Balaban J connectivity index is 2.14. The van der Waals surface area contributed by atoms with Gasteiger partial charge >= 0.3 is 6.03 Å². The topological polar surface area (TPSA) is 93.4 Å². The summed E-state index contributed by atoms with van der Waals surface area (Å²) in [5, 5.41) is 5.17. The Bertz CT molecular complexity index is 671. The highest BCUT2D eigenvalue weighted by Gasteiger charge is 2.08. The van der Waals surface area contributed by atoms with E-state index in [9.17, 15) is 9.59 Å². The highest BCUT2D eigenvalue weighted by atomic mass is 16.5. The van der Waals surface area contributed by atoms with Gasteiger partial charge in [0, 0.05) is 23.0 Å². The lowest BCUT2D eigenvalue weighted by Crippen LogP contribution is -2.19. The number of urea groups is 1. The van der Waals surface area contributed by atoms with Crippen molar-refractivity contribution in [2.75, 3.05) is 17.7 Å². The summed E-state index contributed by atoms with van der Waals surface area (Å²) in [6, 6.07) is 12.8. The lowest BCUT2D eigenvalue weighted by Gasteiger charge is -2.08. The molecule has 0 heterocycles. The van der Waals surface area contributed by atoms with Gasteiger partial charge in [-0.3, -0.25) is 4.79 Å². The molecule has 0 aromatic heterocycles. The minimum absolute atomic E-state index is 0.295. The maximum absolute atomic E-state index is 12.2. The van der Waals surface area contributed by atoms with Crippen molar-refractivity contribution in [2.24, 2.45) is 5.73 Å². The fourth-order valence-corrected chi connectivity index (χ4v) is 1.78. The van der Waals surface area contributed by atoms with Gasteiger partial charge in [0.1, 0.15) is 5.75 Å². The molecule has 0 aliphatic rings. The number of ether oxygens (including phenoxy) is 1. The molecular weight excluding hydrogens is 270 g/mol. The quantitative estimate of drug-likeness (QED) is 0.805. The van der Waals surface area contributed by atoms with Crippen LogP contribution in [0.5, 0.6) is 5.75 Å². The predicted octanol–water partition coefficient (Wildman–Crippen LogP) is 2.44. The molecule has 0 radical (unpaired) electrons. The molecule has 0 unspecified atom stereocenters. The van der Waals surface area contributed by atoms with Gasteiger partial charge < -0.3 is 21.1 Å². The molecule has 21 heavy (non-hydrogen) atoms. The summed E-state index contributed by atoms with van der Waals surface area (Å²) in [5.41, 5.74) is 6.53. The van der Waals surface area contributed by atoms with E-state index in [2.05, 4.69) is 10.6 Å². The Morgan fingerprint density at radius 2 is 1.67 bits per heavy atom. The van der Waals surface area contributed by atoms with E-state index in [0.29, 0.717) is 22.7 Å². The highest BCUT2D eigenvalue weighted by molar-refractivity contribution is 6.05. The van der Waals surface area contributed by atoms with Gasteiger partial charge in [-0.2, -0.15) is 0 Å². The minimum Gasteiger partial charge on any atom is -0.497 e. The minimum atomic E-state index is -0.680. The van der Waals surface area contributed by atoms with Crippen LogP contribution >= 0.6 is 0 Å². The number of hydrogen-bond acceptors (Lipinski definition) is 3. The number of carbonyl (C=O) groups is 2. The zero-order valence-electron chi connectivity index (χ0n) is 11.4. The predicted molar refractivity (Wildman–Crippen MR) is 80.6 cm³/mol. The number of nitrogens with two attached hydrogens (primary N) is 1. The summed E-state index contributed by atoms with van der Waals surface area (Å²) in [6.45, 7) is 0. The van der Waals surface area contributed by atoms with E-state index in [0.717, 1.165) is 0 Å². The average molecular weight is 285 g/mol. The number of benzene rings is 2. The molecule has 3 amide bonds. The molecule has 0 bridgehead atoms. The van der Waals surface area contributed by atoms with E-state index in [-0.39, 0.29) is 5.91 Å². The van der Waals surface area contributed by atoms with Crippen LogP contribution in [0.2, 0.25) is 0 Å². The van der Waals surface area contributed by atoms with Crippen LogP contribution in [0.3, 0.4) is 0 Å². The first-order valence-corrected chi connectivity index (χ1v) is 6.20. The Morgan fingerprint density at radius 3 is 2.33 bits per heavy atom. The molecule has 0 saturated carbocycles. The molecule has 2 aromatic rings. The van der Waals surface area contributed by atoms with Crippen LogP contribution in [0, 0.1) is 0 Å². The van der Waals surface area contributed by atoms with E-state index < -0.39 is 6.03 Å². The second-order valence-electron chi connectivity index (χ2n) is 4.26. The van der Waals surface area contributed by atoms with E-state index in [1.807, 2.05) is 0 Å². The summed E-state index contributed by atoms with van der Waals surface area (Å²) in [6.07, 6.45) is 0. The molecule has 2 rings (SSSR count). The zero-order chi connectivity index (χ0) is 15.2. The number of nitrogens with one attached hydrogen (secondary N) is 2. The van der Waals surface area contributed by atoms with Gasteiger partial charge in [-0.05, 0) is 30.3 Å². The molecule has 0 aliphatic heterocycles. The Labute approximate surface area is 121 Å². The van der Waals surface area contributed by atoms with Gasteiger partial charge in [-0.25, -0.2) is 4.79 Å². The number of anilines is 2. The summed E-state index contributed by atoms with van der Waals surface area (Å²) in [4.78, 5) is 23.0. The molecule has 6 heteroatoms. The summed E-state index contributed by atoms with van der Waals surface area (Å²) >= 11 is 0. The van der Waals surface area contributed by atoms with Crippen molar-refractivity contribution in [1.82, 2.24) is 0 Å². The second-order valence-corrected chi connectivity index (χ2v) is 4.26. The number of hydrogen-bond donors (Lipinski definition) is 3. The van der Waals surface area contributed by atoms with E-state index in [1.54, 1.807) is 55.6 Å². The molecule has 0 spiro atoms. The van der Waals surface area contributed by atoms with Crippen molar-refractivity contribution in [3.8, 4) is 5.75 Å². The third-order valence-corrected chi connectivity index (χ3v) is 2.72. The van der Waals surface area contributed by atoms with Crippen LogP contribution in [-0.2, 0) is 0 Å². The molecular formula is C15H15N3O3. The lowest BCUT2D eigenvalue weighted by molar-refractivity contribution is 0.102. The maximum atomic E-state index is 12.2. The van der Waals surface area contributed by atoms with E-state index in [4.69, 9.17) is 10.5 Å². The van der Waals surface area contributed by atoms with Gasteiger partial charge in [-0.15, -0.1) is 0 Å². The maximum Gasteiger partial charge on any atom is 0.316 e. The normalized spacial score (nSPS) is 9.76. The molecule has 6 nitrogen and oxygen atoms in total. The fraction of sp³-hybridized carbons (Fsp3) is 0.0667. The molecule has 108 valence electrons. The van der Waals surface area contributed by atoms with Gasteiger partial charge in [-0.1, -0.05) is 12.1 Å². The lowest BCUT2D eigenvalue weighted by atomic mass is 10.2. The van der Waals surface area contributed by atoms with Crippen molar-refractivity contribution in [3.05, 3.63) is 54.1 Å². The van der Waals surface area contributed by atoms with Crippen LogP contribution < -0.4 is 21.1 Å². The summed E-state index contributed by atoms with van der Waals surface area (Å²) in [7, 11) is 1.56. The first-order valence-electron chi connectivity index (χ1n) is 6.20. The largest absolute Gasteiger partial charge is 0.497 e. The summed E-state index contributed by atoms with van der Waals surface area (Å²) < 4.78 is 5.09. The fourth-order valence-electron chi connectivity index (χ4n) is 1.78. The number of methoxy groups -OCH3 is 1. The van der Waals surface area contributed by atoms with Crippen LogP contribution in [0.4, 0.5) is 16.2 Å². The first-order chi connectivity index (χ1) is 10.1. The molecule has 2 aromatic carbocycles. The molecule has 4 N–H and O–H groups in total. The van der Waals surface area contributed by atoms with Crippen LogP contribution in [0.25, 0.3) is 0 Å². The molecule has 0 aliphatic carbocycles. The summed E-state index contributed by atoms with van der Waals surface area (Å²) in [5.74, 6) is 0.355. The van der Waals surface area contributed by atoms with Crippen LogP contribution in [0.1, 0.15) is 10.4 Å². The van der Waals surface area contributed by atoms with Gasteiger partial charge in [0.2, 0.25) is 0 Å². The van der Waals surface area contributed by atoms with Crippen molar-refractivity contribution in [1.29, 1.82) is 0 Å². The van der Waals surface area contributed by atoms with Crippen molar-refractivity contribution < 1.29 is 14.3 Å². The van der Waals surface area contributed by atoms with E-state index >= 15 is 0 Å². The Morgan fingerprint density at radius 1 is 1.00 bits per heavy atom.